The highest BCUT2D eigenvalue weighted by Crippen LogP contribution is 2.24. The first-order valence-electron chi connectivity index (χ1n) is 15.8. The number of ether oxygens (including phenoxy) is 3. The molecule has 45 heavy (non-hydrogen) atoms. The van der Waals surface area contributed by atoms with E-state index in [4.69, 9.17) is 14.2 Å². The first kappa shape index (κ1) is 33.4. The summed E-state index contributed by atoms with van der Waals surface area (Å²) in [7, 11) is 4.62. The van der Waals surface area contributed by atoms with Gasteiger partial charge in [0.1, 0.15) is 17.2 Å². The minimum absolute atomic E-state index is 0.234. The highest BCUT2D eigenvalue weighted by Gasteiger charge is 2.13. The van der Waals surface area contributed by atoms with Crippen LogP contribution in [0.5, 0.6) is 17.2 Å². The quantitative estimate of drug-likeness (QED) is 0.175. The van der Waals surface area contributed by atoms with Gasteiger partial charge in [0.15, 0.2) is 0 Å². The molecule has 0 fully saturated rings. The summed E-state index contributed by atoms with van der Waals surface area (Å²) in [4.78, 5) is 42.4. The number of rotatable bonds is 12. The van der Waals surface area contributed by atoms with Gasteiger partial charge < -0.3 is 27.9 Å². The van der Waals surface area contributed by atoms with E-state index in [1.165, 1.54) is 21.3 Å². The molecule has 9 nitrogen and oxygen atoms in total. The number of unbranched alkanes of at least 4 members (excludes halogenated alkanes) is 3. The first-order valence-corrected chi connectivity index (χ1v) is 15.8. The maximum absolute atomic E-state index is 14.1. The molecule has 3 aromatic carbocycles. The molecule has 0 saturated heterocycles. The molecule has 4 aromatic heterocycles. The standard InChI is InChI=1S/C36H45N3O6/c1-7-10-19-37-28-16-13-26(23-31(28)43-4)35(41)39(21-12-9-3)30-18-15-27(24-33(30)45-6)36(42)38(20-11-8-2)29-17-14-25(34(37)40)22-32(29)44-5/h13-18,22-24H,7-12,19-21H2,1-6H3. The second kappa shape index (κ2) is 15.5. The lowest BCUT2D eigenvalue weighted by molar-refractivity contribution is 0.415. The molecule has 0 aliphatic heterocycles. The Labute approximate surface area is 263 Å². The van der Waals surface area contributed by atoms with E-state index < -0.39 is 0 Å². The van der Waals surface area contributed by atoms with Crippen molar-refractivity contribution < 1.29 is 14.2 Å². The van der Waals surface area contributed by atoms with Crippen LogP contribution >= 0.6 is 0 Å². The van der Waals surface area contributed by atoms with Crippen LogP contribution in [0.1, 0.15) is 59.3 Å². The number of fused-ring (bicyclic) bond motifs is 3. The normalized spacial score (nSPS) is 11.1. The molecular weight excluding hydrogens is 570 g/mol. The monoisotopic (exact) mass is 615 g/mol. The number of methoxy groups -OCH3 is 3. The zero-order chi connectivity index (χ0) is 32.5. The van der Waals surface area contributed by atoms with Crippen LogP contribution in [0.2, 0.25) is 0 Å². The molecule has 0 unspecified atom stereocenters. The van der Waals surface area contributed by atoms with Crippen molar-refractivity contribution in [3.05, 3.63) is 85.7 Å². The summed E-state index contributed by atoms with van der Waals surface area (Å²) in [6.45, 7) is 7.56. The zero-order valence-electron chi connectivity index (χ0n) is 27.4. The van der Waals surface area contributed by atoms with Gasteiger partial charge in [0, 0.05) is 35.8 Å². The molecule has 0 spiro atoms. The Morgan fingerprint density at radius 1 is 0.467 bits per heavy atom. The maximum atomic E-state index is 14.1. The van der Waals surface area contributed by atoms with E-state index in [1.54, 1.807) is 68.3 Å². The van der Waals surface area contributed by atoms with Crippen LogP contribution < -0.4 is 30.9 Å². The van der Waals surface area contributed by atoms with E-state index in [2.05, 4.69) is 20.8 Å². The van der Waals surface area contributed by atoms with Crippen molar-refractivity contribution in [2.75, 3.05) is 21.3 Å². The number of hydrogen-bond acceptors (Lipinski definition) is 6. The van der Waals surface area contributed by atoms with E-state index >= 15 is 0 Å². The fourth-order valence-electron chi connectivity index (χ4n) is 5.51. The van der Waals surface area contributed by atoms with Gasteiger partial charge >= 0.3 is 0 Å². The lowest BCUT2D eigenvalue weighted by atomic mass is 10.2. The maximum Gasteiger partial charge on any atom is 0.258 e. The molecule has 9 heteroatoms. The van der Waals surface area contributed by atoms with E-state index in [0.717, 1.165) is 38.5 Å². The summed E-state index contributed by atoms with van der Waals surface area (Å²) in [5.74, 6) is 1.26. The molecule has 240 valence electrons. The molecule has 0 radical (unpaired) electrons. The van der Waals surface area contributed by atoms with Gasteiger partial charge in [-0.05, 0) is 73.9 Å². The van der Waals surface area contributed by atoms with Crippen molar-refractivity contribution in [2.45, 2.75) is 78.9 Å². The van der Waals surface area contributed by atoms with Gasteiger partial charge in [0.05, 0.1) is 37.9 Å². The third-order valence-electron chi connectivity index (χ3n) is 8.09. The van der Waals surface area contributed by atoms with Gasteiger partial charge in [-0.2, -0.15) is 0 Å². The SMILES string of the molecule is CCCCn1c(=O)c2ccc(c(OC)c2)n(CCCC)c(=O)c2ccc(c(OC)c2)n(CCCC)c(=O)c2ccc1c(OC)c2. The first-order chi connectivity index (χ1) is 21.8. The molecule has 6 bridgehead atoms. The molecule has 0 atom stereocenters. The third kappa shape index (κ3) is 7.08. The van der Waals surface area contributed by atoms with Crippen LogP contribution in [-0.4, -0.2) is 35.0 Å². The van der Waals surface area contributed by atoms with Crippen molar-refractivity contribution in [1.82, 2.24) is 13.7 Å². The summed E-state index contributed by atoms with van der Waals surface area (Å²) in [6, 6.07) is 15.6. The second-order valence-electron chi connectivity index (χ2n) is 11.1. The molecule has 0 N–H and O–H groups in total. The van der Waals surface area contributed by atoms with Crippen molar-refractivity contribution >= 4 is 32.7 Å². The number of aryl methyl sites for hydroxylation is 3. The predicted molar refractivity (Wildman–Crippen MR) is 183 cm³/mol. The average molecular weight is 616 g/mol. The molecule has 7 rings (SSSR count). The van der Waals surface area contributed by atoms with Crippen LogP contribution in [0.4, 0.5) is 0 Å². The lowest BCUT2D eigenvalue weighted by Crippen LogP contribution is -2.22. The topological polar surface area (TPSA) is 93.7 Å². The van der Waals surface area contributed by atoms with E-state index in [9.17, 15) is 14.4 Å². The minimum Gasteiger partial charge on any atom is -0.495 e. The summed E-state index contributed by atoms with van der Waals surface area (Å²) < 4.78 is 22.4. The number of hydrogen-bond donors (Lipinski definition) is 0. The fourth-order valence-corrected chi connectivity index (χ4v) is 5.51. The largest absolute Gasteiger partial charge is 0.495 e. The van der Waals surface area contributed by atoms with Crippen molar-refractivity contribution in [2.24, 2.45) is 0 Å². The van der Waals surface area contributed by atoms with E-state index in [1.807, 2.05) is 0 Å². The Morgan fingerprint density at radius 3 is 0.956 bits per heavy atom. The van der Waals surface area contributed by atoms with Gasteiger partial charge in [0.25, 0.3) is 16.7 Å². The zero-order valence-corrected chi connectivity index (χ0v) is 27.4. The third-order valence-corrected chi connectivity index (χ3v) is 8.09. The number of benzene rings is 3. The Bertz CT molecular complexity index is 1730. The smallest absolute Gasteiger partial charge is 0.258 e. The summed E-state index contributed by atoms with van der Waals surface area (Å²) in [6.07, 6.45) is 4.95. The van der Waals surface area contributed by atoms with Crippen LogP contribution in [0.3, 0.4) is 0 Å². The second-order valence-corrected chi connectivity index (χ2v) is 11.1. The minimum atomic E-state index is -0.234. The highest BCUT2D eigenvalue weighted by molar-refractivity contribution is 5.74. The van der Waals surface area contributed by atoms with Crippen molar-refractivity contribution in [3.63, 3.8) is 0 Å². The summed E-state index contributed by atoms with van der Waals surface area (Å²) in [5, 5.41) is 1.24. The summed E-state index contributed by atoms with van der Waals surface area (Å²) in [5.41, 5.74) is 1.00. The fraction of sp³-hybridized carbons (Fsp3) is 0.417. The molecule has 0 amide bonds. The van der Waals surface area contributed by atoms with Gasteiger partial charge in [-0.15, -0.1) is 0 Å². The molecule has 0 saturated carbocycles. The van der Waals surface area contributed by atoms with Crippen molar-refractivity contribution in [3.8, 4) is 17.2 Å². The van der Waals surface area contributed by atoms with Crippen LogP contribution in [0.15, 0.2) is 69.0 Å². The van der Waals surface area contributed by atoms with Crippen LogP contribution in [-0.2, 0) is 19.6 Å². The average Bonchev–Trinajstić information content (AvgIpc) is 3.08. The Kier molecular flexibility index (Phi) is 11.5. The molecule has 0 aliphatic rings. The van der Waals surface area contributed by atoms with Gasteiger partial charge in [-0.3, -0.25) is 14.4 Å². The van der Waals surface area contributed by atoms with Crippen molar-refractivity contribution in [1.29, 1.82) is 0 Å². The van der Waals surface area contributed by atoms with Gasteiger partial charge in [-0.25, -0.2) is 0 Å². The Morgan fingerprint density at radius 2 is 0.733 bits per heavy atom. The van der Waals surface area contributed by atoms with E-state index in [0.29, 0.717) is 69.6 Å². The van der Waals surface area contributed by atoms with Crippen LogP contribution in [0, 0.1) is 0 Å². The predicted octanol–water partition coefficient (Wildman–Crippen LogP) is 6.74. The molecule has 7 aromatic rings. The lowest BCUT2D eigenvalue weighted by Gasteiger charge is -2.14. The number of nitrogens with zero attached hydrogens (tertiary/aromatic N) is 3. The highest BCUT2D eigenvalue weighted by atomic mass is 16.5. The van der Waals surface area contributed by atoms with E-state index in [-0.39, 0.29) is 16.7 Å². The Balaban J connectivity index is 2.36. The number of aromatic nitrogens is 3. The summed E-state index contributed by atoms with van der Waals surface area (Å²) >= 11 is 0. The van der Waals surface area contributed by atoms with Gasteiger partial charge in [-0.1, -0.05) is 40.0 Å². The molecule has 4 heterocycles. The van der Waals surface area contributed by atoms with Crippen LogP contribution in [0.25, 0.3) is 32.7 Å². The molecule has 0 aliphatic carbocycles. The van der Waals surface area contributed by atoms with Gasteiger partial charge in [0.2, 0.25) is 0 Å². The Hall–Kier alpha value is -4.53. The molecular formula is C36H45N3O6.